The lowest BCUT2D eigenvalue weighted by molar-refractivity contribution is -0.0595. The smallest absolute Gasteiger partial charge is 0.348 e. The van der Waals surface area contributed by atoms with Gasteiger partial charge in [-0.2, -0.15) is 18.3 Å². The maximum atomic E-state index is 13.0. The van der Waals surface area contributed by atoms with Crippen molar-refractivity contribution < 1.29 is 17.6 Å². The molecular weight excluding hydrogens is 368 g/mol. The number of nitrogens with zero attached hydrogens (tertiary/aromatic N) is 3. The zero-order valence-corrected chi connectivity index (χ0v) is 15.8. The molecule has 0 aromatic carbocycles. The lowest BCUT2D eigenvalue weighted by atomic mass is 10.0. The van der Waals surface area contributed by atoms with Gasteiger partial charge in [-0.1, -0.05) is 11.6 Å². The summed E-state index contributed by atoms with van der Waals surface area (Å²) in [4.78, 5) is 4.09. The number of hydrazone groups is 1. The number of allylic oxidation sites excluding steroid dienone is 3. The number of thiocarbonyl (C=S) groups is 1. The molecule has 0 saturated carbocycles. The second kappa shape index (κ2) is 8.94. The molecule has 0 aromatic rings. The number of alkyl halides is 3. The van der Waals surface area contributed by atoms with Gasteiger partial charge in [-0.25, -0.2) is 4.39 Å². The average molecular weight is 392 g/mol. The zero-order chi connectivity index (χ0) is 19.3. The molecule has 1 aliphatic carbocycles. The van der Waals surface area contributed by atoms with Crippen LogP contribution in [-0.2, 0) is 0 Å². The van der Waals surface area contributed by atoms with Gasteiger partial charge >= 0.3 is 6.18 Å². The van der Waals surface area contributed by atoms with E-state index in [2.05, 4.69) is 15.4 Å². The van der Waals surface area contributed by atoms with Crippen molar-refractivity contribution in [2.45, 2.75) is 44.8 Å². The Morgan fingerprint density at radius 3 is 2.50 bits per heavy atom. The van der Waals surface area contributed by atoms with E-state index in [1.165, 1.54) is 11.6 Å². The Kier molecular flexibility index (Phi) is 7.16. The summed E-state index contributed by atoms with van der Waals surface area (Å²) in [6.45, 7) is 3.46. The Morgan fingerprint density at radius 2 is 1.96 bits per heavy atom. The van der Waals surface area contributed by atoms with Gasteiger partial charge in [0.25, 0.3) is 0 Å². The molecule has 26 heavy (non-hydrogen) atoms. The van der Waals surface area contributed by atoms with E-state index in [-0.39, 0.29) is 17.0 Å². The van der Waals surface area contributed by atoms with Crippen molar-refractivity contribution in [1.29, 1.82) is 0 Å². The van der Waals surface area contributed by atoms with Gasteiger partial charge < -0.3 is 4.90 Å². The molecule has 0 atom stereocenters. The molecule has 0 spiro atoms. The first-order valence-corrected chi connectivity index (χ1v) is 8.98. The molecule has 9 heteroatoms. The van der Waals surface area contributed by atoms with Crippen LogP contribution in [0.4, 0.5) is 17.6 Å². The fourth-order valence-electron chi connectivity index (χ4n) is 2.98. The first kappa shape index (κ1) is 20.8. The number of hydrogen-bond donors (Lipinski definition) is 1. The number of nitrogens with one attached hydrogen (secondary N) is 1. The van der Waals surface area contributed by atoms with E-state index in [1.807, 2.05) is 6.08 Å². The molecule has 1 saturated heterocycles. The molecule has 0 aromatic heterocycles. The Hall–Kier alpha value is -1.48. The molecule has 1 fully saturated rings. The lowest BCUT2D eigenvalue weighted by Gasteiger charge is -2.38. The molecule has 0 radical (unpaired) electrons. The molecule has 1 heterocycles. The quantitative estimate of drug-likeness (QED) is 0.342. The van der Waals surface area contributed by atoms with Crippen molar-refractivity contribution in [2.24, 2.45) is 5.10 Å². The van der Waals surface area contributed by atoms with Crippen LogP contribution in [0, 0.1) is 0 Å². The van der Waals surface area contributed by atoms with Gasteiger partial charge in [-0.05, 0) is 44.5 Å². The van der Waals surface area contributed by atoms with Crippen LogP contribution in [0.1, 0.15) is 32.6 Å². The molecule has 2 aliphatic rings. The molecule has 1 aliphatic heterocycles. The standard InChI is InChI=1S/C17H24F4N4S/c1-12(17(19,20)21)22-23-16(26)24(2)15-7-9-25(10-8-15)11-13-3-5-14(18)6-4-13/h3,5,15H,4,6-11H2,1-2H3,(H,23,26)/b22-12+. The van der Waals surface area contributed by atoms with E-state index in [1.54, 1.807) is 11.9 Å². The number of rotatable bonds is 4. The molecule has 0 unspecified atom stereocenters. The van der Waals surface area contributed by atoms with E-state index in [4.69, 9.17) is 12.2 Å². The largest absolute Gasteiger partial charge is 0.430 e. The third-order valence-corrected chi connectivity index (χ3v) is 5.15. The molecule has 146 valence electrons. The topological polar surface area (TPSA) is 30.9 Å². The van der Waals surface area contributed by atoms with Gasteiger partial charge in [0.2, 0.25) is 0 Å². The number of hydrogen-bond acceptors (Lipinski definition) is 3. The Balaban J connectivity index is 1.79. The normalized spacial score (nSPS) is 20.5. The van der Waals surface area contributed by atoms with Gasteiger partial charge in [0.1, 0.15) is 11.5 Å². The Morgan fingerprint density at radius 1 is 1.31 bits per heavy atom. The van der Waals surface area contributed by atoms with Crippen LogP contribution >= 0.6 is 12.2 Å². The van der Waals surface area contributed by atoms with Crippen LogP contribution in [0.2, 0.25) is 0 Å². The van der Waals surface area contributed by atoms with E-state index >= 15 is 0 Å². The Labute approximate surface area is 156 Å². The highest BCUT2D eigenvalue weighted by molar-refractivity contribution is 7.80. The average Bonchev–Trinajstić information content (AvgIpc) is 2.60. The van der Waals surface area contributed by atoms with Gasteiger partial charge in [0, 0.05) is 39.1 Å². The minimum absolute atomic E-state index is 0.0708. The predicted molar refractivity (Wildman–Crippen MR) is 98.6 cm³/mol. The molecular formula is C17H24F4N4S. The molecule has 1 N–H and O–H groups in total. The summed E-state index contributed by atoms with van der Waals surface area (Å²) in [6, 6.07) is 0.158. The summed E-state index contributed by atoms with van der Waals surface area (Å²) in [7, 11) is 1.77. The summed E-state index contributed by atoms with van der Waals surface area (Å²) in [5.74, 6) is -0.0708. The van der Waals surface area contributed by atoms with E-state index in [0.29, 0.717) is 6.42 Å². The van der Waals surface area contributed by atoms with Gasteiger partial charge in [-0.15, -0.1) is 0 Å². The van der Waals surface area contributed by atoms with Crippen LogP contribution in [0.5, 0.6) is 0 Å². The summed E-state index contributed by atoms with van der Waals surface area (Å²) < 4.78 is 50.4. The minimum Gasteiger partial charge on any atom is -0.348 e. The molecule has 0 amide bonds. The molecule has 0 bridgehead atoms. The van der Waals surface area contributed by atoms with Crippen LogP contribution < -0.4 is 5.43 Å². The summed E-state index contributed by atoms with van der Waals surface area (Å²) >= 11 is 5.15. The fraction of sp³-hybridized carbons (Fsp3) is 0.647. The lowest BCUT2D eigenvalue weighted by Crippen LogP contribution is -2.48. The highest BCUT2D eigenvalue weighted by Gasteiger charge is 2.32. The predicted octanol–water partition coefficient (Wildman–Crippen LogP) is 3.77. The van der Waals surface area contributed by atoms with Crippen LogP contribution in [0.25, 0.3) is 0 Å². The second-order valence-electron chi connectivity index (χ2n) is 6.67. The second-order valence-corrected chi connectivity index (χ2v) is 7.06. The first-order chi connectivity index (χ1) is 12.2. The Bertz CT molecular complexity index is 604. The van der Waals surface area contributed by atoms with E-state index in [0.717, 1.165) is 45.8 Å². The van der Waals surface area contributed by atoms with E-state index in [9.17, 15) is 17.6 Å². The van der Waals surface area contributed by atoms with Crippen molar-refractivity contribution in [3.8, 4) is 0 Å². The minimum atomic E-state index is -4.46. The zero-order valence-electron chi connectivity index (χ0n) is 14.9. The van der Waals surface area contributed by atoms with E-state index < -0.39 is 11.9 Å². The molecule has 4 nitrogen and oxygen atoms in total. The molecule has 2 rings (SSSR count). The van der Waals surface area contributed by atoms with Crippen molar-refractivity contribution in [2.75, 3.05) is 26.7 Å². The van der Waals surface area contributed by atoms with Gasteiger partial charge in [0.05, 0.1) is 0 Å². The summed E-state index contributed by atoms with van der Waals surface area (Å²) in [6.07, 6.45) is 1.88. The highest BCUT2D eigenvalue weighted by atomic mass is 32.1. The summed E-state index contributed by atoms with van der Waals surface area (Å²) in [5, 5.41) is 3.50. The number of likely N-dealkylation sites (tertiary alicyclic amines) is 1. The maximum Gasteiger partial charge on any atom is 0.430 e. The monoisotopic (exact) mass is 392 g/mol. The number of halogens is 4. The first-order valence-electron chi connectivity index (χ1n) is 8.57. The third-order valence-electron chi connectivity index (χ3n) is 4.77. The van der Waals surface area contributed by atoms with Crippen molar-refractivity contribution in [1.82, 2.24) is 15.2 Å². The van der Waals surface area contributed by atoms with Crippen LogP contribution in [0.15, 0.2) is 28.7 Å². The summed E-state index contributed by atoms with van der Waals surface area (Å²) in [5.41, 5.74) is 2.59. The fourth-order valence-corrected chi connectivity index (χ4v) is 3.17. The van der Waals surface area contributed by atoms with Crippen LogP contribution in [0.3, 0.4) is 0 Å². The van der Waals surface area contributed by atoms with Gasteiger partial charge in [0.15, 0.2) is 5.11 Å². The van der Waals surface area contributed by atoms with Crippen molar-refractivity contribution in [3.05, 3.63) is 23.6 Å². The SMILES string of the molecule is C/C(=N\NC(=S)N(C)C1CCN(CC2=CC=C(F)CC2)CC1)C(F)(F)F. The number of piperidine rings is 1. The third kappa shape index (κ3) is 6.05. The maximum absolute atomic E-state index is 13.0. The van der Waals surface area contributed by atoms with Crippen LogP contribution in [-0.4, -0.2) is 59.5 Å². The van der Waals surface area contributed by atoms with Crippen molar-refractivity contribution in [3.63, 3.8) is 0 Å². The highest BCUT2D eigenvalue weighted by Crippen LogP contribution is 2.22. The van der Waals surface area contributed by atoms with Crippen molar-refractivity contribution >= 4 is 23.0 Å². The van der Waals surface area contributed by atoms with Gasteiger partial charge in [-0.3, -0.25) is 10.3 Å².